The molecule has 0 aliphatic rings. The molecular weight excluding hydrogens is 282 g/mol. The van der Waals surface area contributed by atoms with E-state index in [1.165, 1.54) is 0 Å². The number of rotatable bonds is 9. The van der Waals surface area contributed by atoms with Crippen LogP contribution in [0.15, 0.2) is 36.5 Å². The Morgan fingerprint density at radius 2 is 2.05 bits per heavy atom. The van der Waals surface area contributed by atoms with Crippen LogP contribution in [0.5, 0.6) is 0 Å². The van der Waals surface area contributed by atoms with Crippen LogP contribution in [0.1, 0.15) is 24.1 Å². The van der Waals surface area contributed by atoms with Gasteiger partial charge in [-0.25, -0.2) is 4.68 Å². The Morgan fingerprint density at radius 3 is 2.82 bits per heavy atom. The maximum atomic E-state index is 11.7. The van der Waals surface area contributed by atoms with Crippen molar-refractivity contribution in [1.82, 2.24) is 15.0 Å². The van der Waals surface area contributed by atoms with Gasteiger partial charge < -0.3 is 9.47 Å². The maximum absolute atomic E-state index is 11.7. The van der Waals surface area contributed by atoms with Crippen LogP contribution < -0.4 is 0 Å². The van der Waals surface area contributed by atoms with E-state index in [-0.39, 0.29) is 5.97 Å². The highest BCUT2D eigenvalue weighted by Crippen LogP contribution is 2.07. The Bertz CT molecular complexity index is 569. The van der Waals surface area contributed by atoms with Crippen molar-refractivity contribution in [2.75, 3.05) is 20.3 Å². The Morgan fingerprint density at radius 1 is 1.23 bits per heavy atom. The molecule has 2 aromatic rings. The molecule has 0 unspecified atom stereocenters. The number of hydrogen-bond acceptors (Lipinski definition) is 5. The number of methoxy groups -OCH3 is 1. The molecular formula is C16H21N3O3. The van der Waals surface area contributed by atoms with Gasteiger partial charge in [0, 0.05) is 26.6 Å². The molecule has 22 heavy (non-hydrogen) atoms. The van der Waals surface area contributed by atoms with E-state index in [1.807, 2.05) is 35.0 Å². The average molecular weight is 303 g/mol. The molecule has 2 rings (SSSR count). The first-order valence-electron chi connectivity index (χ1n) is 7.35. The van der Waals surface area contributed by atoms with Crippen molar-refractivity contribution in [3.8, 4) is 0 Å². The van der Waals surface area contributed by atoms with Crippen LogP contribution in [0.25, 0.3) is 0 Å². The molecule has 0 saturated heterocycles. The highest BCUT2D eigenvalue weighted by Gasteiger charge is 2.09. The number of esters is 1. The zero-order valence-electron chi connectivity index (χ0n) is 12.8. The Hall–Kier alpha value is -2.21. The third-order valence-corrected chi connectivity index (χ3v) is 3.21. The lowest BCUT2D eigenvalue weighted by atomic mass is 10.2. The molecule has 0 radical (unpaired) electrons. The van der Waals surface area contributed by atoms with Gasteiger partial charge in [-0.2, -0.15) is 0 Å². The summed E-state index contributed by atoms with van der Waals surface area (Å²) < 4.78 is 11.8. The molecule has 1 aromatic carbocycles. The lowest BCUT2D eigenvalue weighted by Crippen LogP contribution is -2.11. The lowest BCUT2D eigenvalue weighted by Gasteiger charge is -2.07. The summed E-state index contributed by atoms with van der Waals surface area (Å²) in [7, 11) is 1.63. The molecule has 118 valence electrons. The summed E-state index contributed by atoms with van der Waals surface area (Å²) in [6, 6.07) is 10.0. The topological polar surface area (TPSA) is 66.2 Å². The van der Waals surface area contributed by atoms with E-state index in [1.54, 1.807) is 13.3 Å². The van der Waals surface area contributed by atoms with Gasteiger partial charge in [0.2, 0.25) is 0 Å². The number of hydrogen-bond donors (Lipinski definition) is 0. The molecule has 1 heterocycles. The SMILES string of the molecule is COCCCOC(=O)CCc1cnnn1Cc1ccccc1. The molecule has 0 saturated carbocycles. The number of aryl methyl sites for hydroxylation is 1. The third kappa shape index (κ3) is 5.29. The summed E-state index contributed by atoms with van der Waals surface area (Å²) >= 11 is 0. The van der Waals surface area contributed by atoms with Crippen LogP contribution in [0.3, 0.4) is 0 Å². The van der Waals surface area contributed by atoms with E-state index < -0.39 is 0 Å². The van der Waals surface area contributed by atoms with Crippen LogP contribution in [0.2, 0.25) is 0 Å². The predicted molar refractivity (Wildman–Crippen MR) is 81.3 cm³/mol. The fraction of sp³-hybridized carbons (Fsp3) is 0.438. The quantitative estimate of drug-likeness (QED) is 0.522. The van der Waals surface area contributed by atoms with Crippen LogP contribution in [0.4, 0.5) is 0 Å². The van der Waals surface area contributed by atoms with Crippen LogP contribution in [0, 0.1) is 0 Å². The highest BCUT2D eigenvalue weighted by atomic mass is 16.5. The molecule has 0 aliphatic carbocycles. The Balaban J connectivity index is 1.79. The van der Waals surface area contributed by atoms with Gasteiger partial charge in [0.15, 0.2) is 0 Å². The maximum Gasteiger partial charge on any atom is 0.306 e. The monoisotopic (exact) mass is 303 g/mol. The van der Waals surface area contributed by atoms with E-state index in [2.05, 4.69) is 10.3 Å². The third-order valence-electron chi connectivity index (χ3n) is 3.21. The van der Waals surface area contributed by atoms with Gasteiger partial charge in [-0.1, -0.05) is 35.5 Å². The fourth-order valence-corrected chi connectivity index (χ4v) is 2.05. The van der Waals surface area contributed by atoms with Crippen molar-refractivity contribution < 1.29 is 14.3 Å². The van der Waals surface area contributed by atoms with Crippen molar-refractivity contribution in [2.45, 2.75) is 25.8 Å². The fourth-order valence-electron chi connectivity index (χ4n) is 2.05. The van der Waals surface area contributed by atoms with Crippen LogP contribution in [-0.2, 0) is 27.2 Å². The van der Waals surface area contributed by atoms with Gasteiger partial charge >= 0.3 is 5.97 Å². The number of carbonyl (C=O) groups is 1. The summed E-state index contributed by atoms with van der Waals surface area (Å²) in [6.45, 7) is 1.65. The first-order valence-corrected chi connectivity index (χ1v) is 7.35. The van der Waals surface area contributed by atoms with Crippen LogP contribution in [-0.4, -0.2) is 41.3 Å². The van der Waals surface area contributed by atoms with Gasteiger partial charge in [0.1, 0.15) is 0 Å². The van der Waals surface area contributed by atoms with Gasteiger partial charge in [0.05, 0.1) is 31.5 Å². The molecule has 0 atom stereocenters. The van der Waals surface area contributed by atoms with Crippen molar-refractivity contribution in [3.05, 3.63) is 47.8 Å². The highest BCUT2D eigenvalue weighted by molar-refractivity contribution is 5.69. The Kier molecular flexibility index (Phi) is 6.57. The van der Waals surface area contributed by atoms with Crippen molar-refractivity contribution in [2.24, 2.45) is 0 Å². The lowest BCUT2D eigenvalue weighted by molar-refractivity contribution is -0.143. The largest absolute Gasteiger partial charge is 0.466 e. The smallest absolute Gasteiger partial charge is 0.306 e. The summed E-state index contributed by atoms with van der Waals surface area (Å²) in [6.07, 6.45) is 3.31. The first kappa shape index (κ1) is 16.2. The van der Waals surface area contributed by atoms with E-state index in [0.29, 0.717) is 32.6 Å². The number of carbonyl (C=O) groups excluding carboxylic acids is 1. The second kappa shape index (κ2) is 8.94. The van der Waals surface area contributed by atoms with Gasteiger partial charge in [-0.05, 0) is 5.56 Å². The average Bonchev–Trinajstić information content (AvgIpc) is 2.98. The van der Waals surface area contributed by atoms with Gasteiger partial charge in [0.25, 0.3) is 0 Å². The minimum Gasteiger partial charge on any atom is -0.466 e. The molecule has 6 nitrogen and oxygen atoms in total. The number of benzene rings is 1. The molecule has 0 aliphatic heterocycles. The standard InChI is InChI=1S/C16H21N3O3/c1-21-10-5-11-22-16(20)9-8-15-12-17-18-19(15)13-14-6-3-2-4-7-14/h2-4,6-7,12H,5,8-11,13H2,1H3. The number of ether oxygens (including phenoxy) is 2. The zero-order valence-corrected chi connectivity index (χ0v) is 12.8. The molecule has 0 bridgehead atoms. The summed E-state index contributed by atoms with van der Waals surface area (Å²) in [4.78, 5) is 11.7. The predicted octanol–water partition coefficient (Wildman–Crippen LogP) is 1.84. The second-order valence-electron chi connectivity index (χ2n) is 4.94. The molecule has 0 N–H and O–H groups in total. The van der Waals surface area contributed by atoms with E-state index >= 15 is 0 Å². The molecule has 0 spiro atoms. The summed E-state index contributed by atoms with van der Waals surface area (Å²) in [5.74, 6) is -0.205. The summed E-state index contributed by atoms with van der Waals surface area (Å²) in [5, 5.41) is 8.00. The molecule has 0 amide bonds. The molecule has 1 aromatic heterocycles. The number of nitrogens with zero attached hydrogens (tertiary/aromatic N) is 3. The van der Waals surface area contributed by atoms with Crippen LogP contribution >= 0.6 is 0 Å². The van der Waals surface area contributed by atoms with E-state index in [4.69, 9.17) is 9.47 Å². The Labute approximate surface area is 130 Å². The van der Waals surface area contributed by atoms with Crippen molar-refractivity contribution in [3.63, 3.8) is 0 Å². The van der Waals surface area contributed by atoms with Crippen molar-refractivity contribution >= 4 is 5.97 Å². The van der Waals surface area contributed by atoms with E-state index in [0.717, 1.165) is 17.7 Å². The zero-order chi connectivity index (χ0) is 15.6. The molecule has 0 fully saturated rings. The van der Waals surface area contributed by atoms with Crippen molar-refractivity contribution in [1.29, 1.82) is 0 Å². The van der Waals surface area contributed by atoms with Gasteiger partial charge in [-0.3, -0.25) is 4.79 Å². The second-order valence-corrected chi connectivity index (χ2v) is 4.94. The van der Waals surface area contributed by atoms with Gasteiger partial charge in [-0.15, -0.1) is 5.10 Å². The molecule has 6 heteroatoms. The minimum atomic E-state index is -0.205. The first-order chi connectivity index (χ1) is 10.8. The summed E-state index contributed by atoms with van der Waals surface area (Å²) in [5.41, 5.74) is 2.08. The normalized spacial score (nSPS) is 10.6. The number of aromatic nitrogens is 3. The van der Waals surface area contributed by atoms with E-state index in [9.17, 15) is 4.79 Å². The minimum absolute atomic E-state index is 0.205.